The molecule has 32 heavy (non-hydrogen) atoms. The Morgan fingerprint density at radius 2 is 2.06 bits per heavy atom. The number of halogens is 1. The van der Waals surface area contributed by atoms with Crippen molar-refractivity contribution in [3.8, 4) is 6.07 Å². The van der Waals surface area contributed by atoms with Gasteiger partial charge >= 0.3 is 0 Å². The first-order chi connectivity index (χ1) is 15.4. The Kier molecular flexibility index (Phi) is 7.66. The van der Waals surface area contributed by atoms with Gasteiger partial charge in [-0.3, -0.25) is 14.2 Å². The van der Waals surface area contributed by atoms with E-state index in [0.29, 0.717) is 54.7 Å². The summed E-state index contributed by atoms with van der Waals surface area (Å²) in [6, 6.07) is 7.38. The molecular formula is C25H27ClN4O2. The number of piperidine rings is 1. The van der Waals surface area contributed by atoms with E-state index in [9.17, 15) is 14.9 Å². The zero-order valence-corrected chi connectivity index (χ0v) is 19.0. The van der Waals surface area contributed by atoms with Crippen LogP contribution in [0.2, 0.25) is 5.02 Å². The molecule has 1 aromatic carbocycles. The van der Waals surface area contributed by atoms with Crippen molar-refractivity contribution in [1.82, 2.24) is 14.5 Å². The highest BCUT2D eigenvalue weighted by Crippen LogP contribution is 2.33. The molecule has 0 atom stereocenters. The third-order valence-corrected chi connectivity index (χ3v) is 6.10. The van der Waals surface area contributed by atoms with Crippen molar-refractivity contribution in [2.24, 2.45) is 5.41 Å². The molecule has 1 aromatic heterocycles. The van der Waals surface area contributed by atoms with Gasteiger partial charge in [0, 0.05) is 31.1 Å². The van der Waals surface area contributed by atoms with Crippen LogP contribution in [0.4, 0.5) is 0 Å². The molecule has 7 heteroatoms. The number of nitriles is 1. The molecule has 0 radical (unpaired) electrons. The fraction of sp³-hybridized carbons (Fsp3) is 0.360. The van der Waals surface area contributed by atoms with E-state index in [0.717, 1.165) is 5.57 Å². The third-order valence-electron chi connectivity index (χ3n) is 5.87. The third kappa shape index (κ3) is 5.54. The fourth-order valence-corrected chi connectivity index (χ4v) is 4.04. The van der Waals surface area contributed by atoms with Crippen LogP contribution in [0.1, 0.15) is 32.6 Å². The minimum absolute atomic E-state index is 0.0681. The zero-order chi connectivity index (χ0) is 23.1. The standard InChI is InChI=1S/C25H27ClN4O2/c1-3-4-5-6-19(2)7-10-23(31)29-13-11-25(16-27,12-14-29)17-30-18-28-22-15-20(26)8-9-21(22)24(30)32/h3-6,8-9,15,18H,2,7,10-14,17H2,1H3/b4-3-,6-5-. The highest BCUT2D eigenvalue weighted by molar-refractivity contribution is 6.31. The topological polar surface area (TPSA) is 79.0 Å². The minimum atomic E-state index is -0.707. The van der Waals surface area contributed by atoms with Crippen LogP contribution in [0.3, 0.4) is 0 Å². The van der Waals surface area contributed by atoms with Gasteiger partial charge in [-0.15, -0.1) is 0 Å². The number of likely N-dealkylation sites (tertiary alicyclic amines) is 1. The summed E-state index contributed by atoms with van der Waals surface area (Å²) >= 11 is 5.98. The van der Waals surface area contributed by atoms with Crippen molar-refractivity contribution < 1.29 is 4.79 Å². The maximum absolute atomic E-state index is 12.9. The fourth-order valence-electron chi connectivity index (χ4n) is 3.87. The van der Waals surface area contributed by atoms with E-state index < -0.39 is 5.41 Å². The monoisotopic (exact) mass is 450 g/mol. The number of hydrogen-bond donors (Lipinski definition) is 0. The summed E-state index contributed by atoms with van der Waals surface area (Å²) in [5, 5.41) is 10.9. The average Bonchev–Trinajstić information content (AvgIpc) is 2.80. The normalized spacial score (nSPS) is 16.0. The van der Waals surface area contributed by atoms with E-state index in [4.69, 9.17) is 11.6 Å². The van der Waals surface area contributed by atoms with Gasteiger partial charge in [-0.2, -0.15) is 5.26 Å². The lowest BCUT2D eigenvalue weighted by molar-refractivity contribution is -0.133. The summed E-state index contributed by atoms with van der Waals surface area (Å²) < 4.78 is 1.50. The molecule has 1 amide bonds. The lowest BCUT2D eigenvalue weighted by Crippen LogP contribution is -2.45. The minimum Gasteiger partial charge on any atom is -0.343 e. The molecule has 2 aromatic rings. The predicted molar refractivity (Wildman–Crippen MR) is 127 cm³/mol. The Bertz CT molecular complexity index is 1160. The van der Waals surface area contributed by atoms with Gasteiger partial charge in [0.15, 0.2) is 0 Å². The number of carbonyl (C=O) groups is 1. The van der Waals surface area contributed by atoms with E-state index in [1.807, 2.05) is 36.1 Å². The van der Waals surface area contributed by atoms with Gasteiger partial charge in [-0.05, 0) is 44.4 Å². The van der Waals surface area contributed by atoms with E-state index in [1.165, 1.54) is 10.9 Å². The van der Waals surface area contributed by atoms with Crippen molar-refractivity contribution in [2.75, 3.05) is 13.1 Å². The Hall–Kier alpha value is -3.17. The Morgan fingerprint density at radius 3 is 2.75 bits per heavy atom. The molecule has 1 fully saturated rings. The van der Waals surface area contributed by atoms with E-state index >= 15 is 0 Å². The molecule has 1 saturated heterocycles. The second kappa shape index (κ2) is 10.4. The van der Waals surface area contributed by atoms with Crippen molar-refractivity contribution in [1.29, 1.82) is 5.26 Å². The van der Waals surface area contributed by atoms with Crippen molar-refractivity contribution in [3.05, 3.63) is 76.4 Å². The second-order valence-electron chi connectivity index (χ2n) is 8.16. The first-order valence-electron chi connectivity index (χ1n) is 10.7. The Morgan fingerprint density at radius 1 is 1.31 bits per heavy atom. The van der Waals surface area contributed by atoms with Crippen LogP contribution in [0.5, 0.6) is 0 Å². The largest absolute Gasteiger partial charge is 0.343 e. The maximum atomic E-state index is 12.9. The summed E-state index contributed by atoms with van der Waals surface area (Å²) in [5.41, 5.74) is 0.544. The van der Waals surface area contributed by atoms with Crippen molar-refractivity contribution in [3.63, 3.8) is 0 Å². The molecule has 1 aliphatic rings. The van der Waals surface area contributed by atoms with Crippen molar-refractivity contribution in [2.45, 2.75) is 39.2 Å². The molecule has 166 valence electrons. The summed E-state index contributed by atoms with van der Waals surface area (Å²) in [5.74, 6) is 0.0681. The number of amides is 1. The maximum Gasteiger partial charge on any atom is 0.261 e. The van der Waals surface area contributed by atoms with Gasteiger partial charge in [-0.25, -0.2) is 4.98 Å². The van der Waals surface area contributed by atoms with E-state index in [2.05, 4.69) is 17.6 Å². The molecular weight excluding hydrogens is 424 g/mol. The SMILES string of the molecule is C=C(/C=C\C=C/C)CCC(=O)N1CCC(C#N)(Cn2cnc3cc(Cl)ccc3c2=O)CC1. The number of rotatable bonds is 7. The smallest absolute Gasteiger partial charge is 0.261 e. The van der Waals surface area contributed by atoms with Gasteiger partial charge < -0.3 is 4.90 Å². The highest BCUT2D eigenvalue weighted by Gasteiger charge is 2.36. The average molecular weight is 451 g/mol. The molecule has 0 unspecified atom stereocenters. The number of nitrogens with zero attached hydrogens (tertiary/aromatic N) is 4. The van der Waals surface area contributed by atoms with Crippen molar-refractivity contribution >= 4 is 28.4 Å². The van der Waals surface area contributed by atoms with Crippen LogP contribution in [0.25, 0.3) is 10.9 Å². The van der Waals surface area contributed by atoms with Crippen LogP contribution in [0.15, 0.2) is 65.8 Å². The molecule has 3 rings (SSSR count). The van der Waals surface area contributed by atoms with Gasteiger partial charge in [0.25, 0.3) is 5.56 Å². The van der Waals surface area contributed by atoms with Crippen LogP contribution in [-0.2, 0) is 11.3 Å². The first-order valence-corrected chi connectivity index (χ1v) is 11.1. The summed E-state index contributed by atoms with van der Waals surface area (Å²) in [7, 11) is 0. The quantitative estimate of drug-likeness (QED) is 0.575. The van der Waals surface area contributed by atoms with Gasteiger partial charge in [0.1, 0.15) is 0 Å². The zero-order valence-electron chi connectivity index (χ0n) is 18.3. The summed E-state index contributed by atoms with van der Waals surface area (Å²) in [6.45, 7) is 7.17. The Labute approximate surface area is 193 Å². The molecule has 0 aliphatic carbocycles. The number of benzene rings is 1. The molecule has 2 heterocycles. The van der Waals surface area contributed by atoms with Gasteiger partial charge in [0.2, 0.25) is 5.91 Å². The number of carbonyl (C=O) groups excluding carboxylic acids is 1. The molecule has 0 bridgehead atoms. The molecule has 0 N–H and O–H groups in total. The summed E-state index contributed by atoms with van der Waals surface area (Å²) in [4.78, 5) is 31.6. The number of allylic oxidation sites excluding steroid dienone is 5. The highest BCUT2D eigenvalue weighted by atomic mass is 35.5. The van der Waals surface area contributed by atoms with E-state index in [1.54, 1.807) is 18.2 Å². The number of fused-ring (bicyclic) bond motifs is 1. The number of hydrogen-bond acceptors (Lipinski definition) is 4. The lowest BCUT2D eigenvalue weighted by Gasteiger charge is -2.37. The molecule has 0 spiro atoms. The van der Waals surface area contributed by atoms with Gasteiger partial charge in [0.05, 0.1) is 28.7 Å². The number of aromatic nitrogens is 2. The molecule has 6 nitrogen and oxygen atoms in total. The second-order valence-corrected chi connectivity index (χ2v) is 8.59. The van der Waals surface area contributed by atoms with Crippen LogP contribution < -0.4 is 5.56 Å². The van der Waals surface area contributed by atoms with Gasteiger partial charge in [-0.1, -0.05) is 48.1 Å². The van der Waals surface area contributed by atoms with Crippen LogP contribution in [-0.4, -0.2) is 33.4 Å². The van der Waals surface area contributed by atoms with Crippen LogP contribution >= 0.6 is 11.6 Å². The molecule has 0 saturated carbocycles. The Balaban J connectivity index is 1.62. The molecule has 1 aliphatic heterocycles. The summed E-state index contributed by atoms with van der Waals surface area (Å²) in [6.07, 6.45) is 11.2. The van der Waals surface area contributed by atoms with E-state index in [-0.39, 0.29) is 18.0 Å². The first kappa shape index (κ1) is 23.5. The predicted octanol–water partition coefficient (Wildman–Crippen LogP) is 4.65. The van der Waals surface area contributed by atoms with Crippen LogP contribution in [0, 0.1) is 16.7 Å². The lowest BCUT2D eigenvalue weighted by atomic mass is 9.79.